The Balaban J connectivity index is 1.82. The Bertz CT molecular complexity index is 1870. The molecule has 1 atom stereocenters. The van der Waals surface area contributed by atoms with Crippen molar-refractivity contribution in [3.63, 3.8) is 0 Å². The van der Waals surface area contributed by atoms with E-state index in [-0.39, 0.29) is 11.2 Å². The highest BCUT2D eigenvalue weighted by molar-refractivity contribution is 6.19. The van der Waals surface area contributed by atoms with Crippen LogP contribution in [0.15, 0.2) is 47.7 Å². The minimum Gasteiger partial charge on any atom is -0.493 e. The molecule has 9 heteroatoms. The molecular formula is C36H39NO8. The van der Waals surface area contributed by atoms with Crippen LogP contribution in [0.1, 0.15) is 43.7 Å². The number of carbonyl (C=O) groups is 1. The first kappa shape index (κ1) is 30.2. The number of Topliss-reactive ketones (excluding diaryl/α,β-unsaturated/α-hetero) is 1. The molecule has 1 aliphatic carbocycles. The van der Waals surface area contributed by atoms with Crippen molar-refractivity contribution in [1.29, 1.82) is 0 Å². The molecule has 1 N–H and O–H groups in total. The molecule has 9 nitrogen and oxygen atoms in total. The van der Waals surface area contributed by atoms with Crippen molar-refractivity contribution in [2.24, 2.45) is 5.41 Å². The van der Waals surface area contributed by atoms with Gasteiger partial charge in [-0.15, -0.1) is 0 Å². The summed E-state index contributed by atoms with van der Waals surface area (Å²) in [5.41, 5.74) is 4.05. The zero-order chi connectivity index (χ0) is 32.2. The quantitative estimate of drug-likeness (QED) is 0.206. The largest absolute Gasteiger partial charge is 0.493 e. The van der Waals surface area contributed by atoms with Crippen LogP contribution in [0.3, 0.4) is 0 Å². The van der Waals surface area contributed by atoms with Gasteiger partial charge in [-0.05, 0) is 75.5 Å². The molecule has 4 aromatic rings. The third-order valence-electron chi connectivity index (χ3n) is 8.96. The van der Waals surface area contributed by atoms with Crippen molar-refractivity contribution < 1.29 is 38.0 Å². The van der Waals surface area contributed by atoms with Gasteiger partial charge in [0.2, 0.25) is 5.75 Å². The summed E-state index contributed by atoms with van der Waals surface area (Å²) >= 11 is 0. The van der Waals surface area contributed by atoms with Gasteiger partial charge in [0.15, 0.2) is 40.3 Å². The number of methoxy groups -OCH3 is 7. The van der Waals surface area contributed by atoms with E-state index in [0.717, 1.165) is 49.6 Å². The van der Waals surface area contributed by atoms with Crippen molar-refractivity contribution >= 4 is 33.0 Å². The fraction of sp³-hybridized carbons (Fsp3) is 0.361. The fourth-order valence-corrected chi connectivity index (χ4v) is 7.03. The number of hydrogen-bond donors (Lipinski definition) is 1. The molecule has 6 rings (SSSR count). The molecule has 236 valence electrons. The zero-order valence-electron chi connectivity index (χ0n) is 27.2. The Morgan fingerprint density at radius 2 is 1.07 bits per heavy atom. The number of anilines is 1. The SMILES string of the molecule is COc1cc2c3c(c4cc(OC)c(OC)cc4c2cc1OC)C(c1cc(OC)c(OC)c(OC)c1)C1=C(CC(C)(C)CC1=O)N3. The maximum Gasteiger partial charge on any atom is 0.203 e. The maximum atomic E-state index is 14.2. The average Bonchev–Trinajstić information content (AvgIpc) is 3.04. The van der Waals surface area contributed by atoms with Crippen LogP contribution in [0, 0.1) is 5.41 Å². The lowest BCUT2D eigenvalue weighted by atomic mass is 9.67. The number of hydrogen-bond acceptors (Lipinski definition) is 9. The van der Waals surface area contributed by atoms with E-state index in [9.17, 15) is 4.79 Å². The van der Waals surface area contributed by atoms with Gasteiger partial charge in [-0.3, -0.25) is 4.79 Å². The topological polar surface area (TPSA) is 93.7 Å². The zero-order valence-corrected chi connectivity index (χ0v) is 27.2. The average molecular weight is 614 g/mol. The van der Waals surface area contributed by atoms with Crippen LogP contribution in [0.5, 0.6) is 40.2 Å². The number of ketones is 1. The van der Waals surface area contributed by atoms with Crippen molar-refractivity contribution in [2.45, 2.75) is 32.6 Å². The smallest absolute Gasteiger partial charge is 0.203 e. The van der Waals surface area contributed by atoms with E-state index in [1.54, 1.807) is 49.8 Å². The van der Waals surface area contributed by atoms with Crippen molar-refractivity contribution in [3.05, 3.63) is 58.8 Å². The number of nitrogens with one attached hydrogen (secondary N) is 1. The monoisotopic (exact) mass is 613 g/mol. The molecule has 2 aliphatic rings. The standard InChI is InChI=1S/C36H39NO8/c1-36(2)16-23-33(24(38)17-36)31(18-10-29(43-7)35(45-9)30(11-18)44-8)32-21-14-27(41-5)25(39-3)12-19(21)20-13-26(40-4)28(42-6)15-22(20)34(32)37-23/h10-15,31,37H,16-17H2,1-9H3. The predicted octanol–water partition coefficient (Wildman–Crippen LogP) is 7.25. The van der Waals surface area contributed by atoms with Crippen LogP contribution in [0.4, 0.5) is 5.69 Å². The minimum absolute atomic E-state index is 0.0965. The van der Waals surface area contributed by atoms with E-state index in [0.29, 0.717) is 53.1 Å². The lowest BCUT2D eigenvalue weighted by molar-refractivity contribution is -0.118. The number of benzene rings is 4. The van der Waals surface area contributed by atoms with E-state index >= 15 is 0 Å². The van der Waals surface area contributed by atoms with Crippen LogP contribution in [-0.4, -0.2) is 55.6 Å². The molecule has 0 fully saturated rings. The summed E-state index contributed by atoms with van der Waals surface area (Å²) in [4.78, 5) is 14.2. The highest BCUT2D eigenvalue weighted by Crippen LogP contribution is 2.56. The van der Waals surface area contributed by atoms with Gasteiger partial charge < -0.3 is 38.5 Å². The molecule has 0 saturated heterocycles. The molecule has 0 bridgehead atoms. The van der Waals surface area contributed by atoms with Gasteiger partial charge in [-0.1, -0.05) is 13.8 Å². The van der Waals surface area contributed by atoms with E-state index < -0.39 is 5.92 Å². The number of fused-ring (bicyclic) bond motifs is 6. The van der Waals surface area contributed by atoms with Gasteiger partial charge >= 0.3 is 0 Å². The molecule has 0 saturated carbocycles. The summed E-state index contributed by atoms with van der Waals surface area (Å²) in [5.74, 6) is 3.49. The third kappa shape index (κ3) is 4.72. The van der Waals surface area contributed by atoms with Gasteiger partial charge in [-0.2, -0.15) is 0 Å². The first-order valence-electron chi connectivity index (χ1n) is 14.7. The summed E-state index contributed by atoms with van der Waals surface area (Å²) in [6.07, 6.45) is 1.13. The highest BCUT2D eigenvalue weighted by atomic mass is 16.5. The van der Waals surface area contributed by atoms with Crippen molar-refractivity contribution in [3.8, 4) is 40.2 Å². The number of carbonyl (C=O) groups excluding carboxylic acids is 1. The molecule has 45 heavy (non-hydrogen) atoms. The first-order valence-corrected chi connectivity index (χ1v) is 14.7. The van der Waals surface area contributed by atoms with E-state index in [1.807, 2.05) is 36.4 Å². The van der Waals surface area contributed by atoms with Crippen molar-refractivity contribution in [1.82, 2.24) is 0 Å². The molecule has 0 amide bonds. The summed E-state index contributed by atoms with van der Waals surface area (Å²) in [6, 6.07) is 11.8. The second kappa shape index (κ2) is 11.3. The van der Waals surface area contributed by atoms with E-state index in [1.165, 1.54) is 0 Å². The van der Waals surface area contributed by atoms with Gasteiger partial charge in [0.05, 0.1) is 55.5 Å². The molecule has 1 aliphatic heterocycles. The Kier molecular flexibility index (Phi) is 7.59. The second-order valence-electron chi connectivity index (χ2n) is 12.1. The number of ether oxygens (including phenoxy) is 7. The highest BCUT2D eigenvalue weighted by Gasteiger charge is 2.42. The predicted molar refractivity (Wildman–Crippen MR) is 174 cm³/mol. The second-order valence-corrected chi connectivity index (χ2v) is 12.1. The van der Waals surface area contributed by atoms with Gasteiger partial charge in [0.1, 0.15) is 0 Å². The first-order chi connectivity index (χ1) is 21.6. The normalized spacial score (nSPS) is 16.9. The Morgan fingerprint density at radius 3 is 1.56 bits per heavy atom. The van der Waals surface area contributed by atoms with Crippen LogP contribution in [0.2, 0.25) is 0 Å². The van der Waals surface area contributed by atoms with Crippen LogP contribution >= 0.6 is 0 Å². The molecule has 0 radical (unpaired) electrons. The number of rotatable bonds is 8. The summed E-state index contributed by atoms with van der Waals surface area (Å²) < 4.78 is 40.3. The van der Waals surface area contributed by atoms with Gasteiger partial charge in [0.25, 0.3) is 0 Å². The molecule has 0 aromatic heterocycles. The van der Waals surface area contributed by atoms with E-state index in [2.05, 4.69) is 19.2 Å². The van der Waals surface area contributed by atoms with Crippen molar-refractivity contribution in [2.75, 3.05) is 55.1 Å². The lowest BCUT2D eigenvalue weighted by Crippen LogP contribution is -2.34. The van der Waals surface area contributed by atoms with Crippen LogP contribution in [0.25, 0.3) is 21.5 Å². The Labute approximate surface area is 262 Å². The molecule has 1 heterocycles. The lowest BCUT2D eigenvalue weighted by Gasteiger charge is -2.40. The Morgan fingerprint density at radius 1 is 0.600 bits per heavy atom. The molecule has 0 spiro atoms. The van der Waals surface area contributed by atoms with E-state index in [4.69, 9.17) is 33.2 Å². The van der Waals surface area contributed by atoms with Gasteiger partial charge in [-0.25, -0.2) is 0 Å². The molecule has 1 unspecified atom stereocenters. The third-order valence-corrected chi connectivity index (χ3v) is 8.96. The summed E-state index contributed by atoms with van der Waals surface area (Å²) in [7, 11) is 11.3. The minimum atomic E-state index is -0.466. The van der Waals surface area contributed by atoms with Crippen LogP contribution < -0.4 is 38.5 Å². The van der Waals surface area contributed by atoms with Gasteiger partial charge in [0, 0.05) is 29.0 Å². The fourth-order valence-electron chi connectivity index (χ4n) is 7.03. The number of allylic oxidation sites excluding steroid dienone is 2. The maximum absolute atomic E-state index is 14.2. The summed E-state index contributed by atoms with van der Waals surface area (Å²) in [5, 5.41) is 7.42. The molecular weight excluding hydrogens is 574 g/mol. The summed E-state index contributed by atoms with van der Waals surface area (Å²) in [6.45, 7) is 4.26. The van der Waals surface area contributed by atoms with Crippen LogP contribution in [-0.2, 0) is 4.79 Å². The Hall–Kier alpha value is -4.79. The molecule has 4 aromatic carbocycles.